The average molecular weight is 296 g/mol. The van der Waals surface area contributed by atoms with Crippen LogP contribution in [0.4, 0.5) is 0 Å². The van der Waals surface area contributed by atoms with Gasteiger partial charge in [-0.25, -0.2) is 0 Å². The van der Waals surface area contributed by atoms with Crippen LogP contribution in [0.1, 0.15) is 71.1 Å². The Hall–Kier alpha value is -0.120. The van der Waals surface area contributed by atoms with Gasteiger partial charge in [-0.3, -0.25) is 4.90 Å². The second-order valence-corrected chi connectivity index (χ2v) is 7.37. The van der Waals surface area contributed by atoms with E-state index in [0.29, 0.717) is 12.1 Å². The zero-order chi connectivity index (χ0) is 15.1. The van der Waals surface area contributed by atoms with Crippen molar-refractivity contribution in [2.24, 2.45) is 0 Å². The standard InChI is InChI=1S/C18H36N2O/c1-16-15-20(14-13-19(16)2)17-11-9-7-5-3-4-6-8-10-12-18(17)21/h16-18,21H,3-15H2,1-2H3. The molecule has 0 spiro atoms. The second-order valence-electron chi connectivity index (χ2n) is 7.37. The third-order valence-electron chi connectivity index (χ3n) is 5.65. The lowest BCUT2D eigenvalue weighted by Gasteiger charge is -2.43. The first kappa shape index (κ1) is 17.2. The van der Waals surface area contributed by atoms with Crippen molar-refractivity contribution in [2.45, 2.75) is 89.3 Å². The first-order valence-corrected chi connectivity index (χ1v) is 9.31. The van der Waals surface area contributed by atoms with Crippen LogP contribution in [-0.2, 0) is 0 Å². The van der Waals surface area contributed by atoms with Crippen LogP contribution in [0, 0.1) is 0 Å². The Labute approximate surface area is 131 Å². The van der Waals surface area contributed by atoms with Gasteiger partial charge in [-0.15, -0.1) is 0 Å². The van der Waals surface area contributed by atoms with E-state index < -0.39 is 0 Å². The first-order valence-electron chi connectivity index (χ1n) is 9.31. The summed E-state index contributed by atoms with van der Waals surface area (Å²) in [5, 5.41) is 10.7. The molecule has 1 N–H and O–H groups in total. The van der Waals surface area contributed by atoms with Gasteiger partial charge in [0.1, 0.15) is 0 Å². The van der Waals surface area contributed by atoms with Gasteiger partial charge in [-0.05, 0) is 26.8 Å². The van der Waals surface area contributed by atoms with Gasteiger partial charge in [0, 0.05) is 31.7 Å². The van der Waals surface area contributed by atoms with E-state index in [0.717, 1.165) is 26.1 Å². The van der Waals surface area contributed by atoms with Crippen molar-refractivity contribution in [3.8, 4) is 0 Å². The molecule has 3 atom stereocenters. The summed E-state index contributed by atoms with van der Waals surface area (Å²) in [5.41, 5.74) is 0. The van der Waals surface area contributed by atoms with Crippen LogP contribution in [0.2, 0.25) is 0 Å². The van der Waals surface area contributed by atoms with Gasteiger partial charge in [-0.1, -0.05) is 51.4 Å². The quantitative estimate of drug-likeness (QED) is 0.804. The average Bonchev–Trinajstić information content (AvgIpc) is 2.46. The molecular weight excluding hydrogens is 260 g/mol. The molecule has 0 aromatic heterocycles. The largest absolute Gasteiger partial charge is 0.391 e. The number of hydrogen-bond acceptors (Lipinski definition) is 3. The van der Waals surface area contributed by atoms with Crippen LogP contribution >= 0.6 is 0 Å². The smallest absolute Gasteiger partial charge is 0.0695 e. The first-order chi connectivity index (χ1) is 10.2. The fourth-order valence-electron chi connectivity index (χ4n) is 3.96. The molecule has 1 aliphatic carbocycles. The molecule has 1 heterocycles. The Morgan fingerprint density at radius 2 is 1.38 bits per heavy atom. The number of rotatable bonds is 1. The molecule has 3 unspecified atom stereocenters. The highest BCUT2D eigenvalue weighted by Crippen LogP contribution is 2.23. The van der Waals surface area contributed by atoms with Gasteiger partial charge in [0.25, 0.3) is 0 Å². The van der Waals surface area contributed by atoms with Gasteiger partial charge < -0.3 is 10.0 Å². The van der Waals surface area contributed by atoms with Gasteiger partial charge in [-0.2, -0.15) is 0 Å². The SMILES string of the molecule is CC1CN(C2CCCCCCCCCCC2O)CCN1C. The lowest BCUT2D eigenvalue weighted by Crippen LogP contribution is -2.56. The lowest BCUT2D eigenvalue weighted by atomic mass is 9.94. The van der Waals surface area contributed by atoms with Crippen LogP contribution in [0.25, 0.3) is 0 Å². The van der Waals surface area contributed by atoms with Gasteiger partial charge in [0.15, 0.2) is 0 Å². The third kappa shape index (κ3) is 5.54. The molecule has 2 fully saturated rings. The van der Waals surface area contributed by atoms with E-state index in [1.165, 1.54) is 57.8 Å². The number of aliphatic hydroxyl groups is 1. The van der Waals surface area contributed by atoms with Crippen molar-refractivity contribution in [3.05, 3.63) is 0 Å². The summed E-state index contributed by atoms with van der Waals surface area (Å²) in [7, 11) is 2.22. The summed E-state index contributed by atoms with van der Waals surface area (Å²) in [6, 6.07) is 1.02. The highest BCUT2D eigenvalue weighted by molar-refractivity contribution is 4.86. The van der Waals surface area contributed by atoms with Crippen molar-refractivity contribution >= 4 is 0 Å². The number of hydrogen-bond donors (Lipinski definition) is 1. The molecule has 1 saturated carbocycles. The molecule has 21 heavy (non-hydrogen) atoms. The maximum atomic E-state index is 10.7. The molecular formula is C18H36N2O. The van der Waals surface area contributed by atoms with Crippen LogP contribution < -0.4 is 0 Å². The Morgan fingerprint density at radius 1 is 0.810 bits per heavy atom. The van der Waals surface area contributed by atoms with E-state index in [-0.39, 0.29) is 6.10 Å². The normalized spacial score (nSPS) is 35.9. The zero-order valence-electron chi connectivity index (χ0n) is 14.3. The Kier molecular flexibility index (Phi) is 7.48. The van der Waals surface area contributed by atoms with Gasteiger partial charge in [0.2, 0.25) is 0 Å². The topological polar surface area (TPSA) is 26.7 Å². The maximum absolute atomic E-state index is 10.7. The van der Waals surface area contributed by atoms with Crippen LogP contribution in [-0.4, -0.2) is 59.8 Å². The van der Waals surface area contributed by atoms with E-state index in [4.69, 9.17) is 0 Å². The fourth-order valence-corrected chi connectivity index (χ4v) is 3.96. The van der Waals surface area contributed by atoms with Crippen molar-refractivity contribution in [2.75, 3.05) is 26.7 Å². The predicted molar refractivity (Wildman–Crippen MR) is 89.6 cm³/mol. The second kappa shape index (κ2) is 9.12. The molecule has 0 aromatic rings. The van der Waals surface area contributed by atoms with E-state index >= 15 is 0 Å². The zero-order valence-corrected chi connectivity index (χ0v) is 14.3. The van der Waals surface area contributed by atoms with E-state index in [1.54, 1.807) is 0 Å². The molecule has 1 saturated heterocycles. The van der Waals surface area contributed by atoms with E-state index in [2.05, 4.69) is 23.8 Å². The van der Waals surface area contributed by atoms with Crippen molar-refractivity contribution in [1.29, 1.82) is 0 Å². The minimum absolute atomic E-state index is 0.111. The molecule has 3 heteroatoms. The maximum Gasteiger partial charge on any atom is 0.0695 e. The highest BCUT2D eigenvalue weighted by atomic mass is 16.3. The number of nitrogens with zero attached hydrogens (tertiary/aromatic N) is 2. The molecule has 2 rings (SSSR count). The molecule has 1 aliphatic heterocycles. The van der Waals surface area contributed by atoms with Crippen molar-refractivity contribution < 1.29 is 5.11 Å². The summed E-state index contributed by atoms with van der Waals surface area (Å²) in [4.78, 5) is 5.03. The molecule has 0 radical (unpaired) electrons. The molecule has 124 valence electrons. The molecule has 0 bridgehead atoms. The van der Waals surface area contributed by atoms with E-state index in [1.807, 2.05) is 0 Å². The molecule has 2 aliphatic rings. The highest BCUT2D eigenvalue weighted by Gasteiger charge is 2.30. The van der Waals surface area contributed by atoms with Crippen molar-refractivity contribution in [3.63, 3.8) is 0 Å². The number of aliphatic hydroxyl groups excluding tert-OH is 1. The predicted octanol–water partition coefficient (Wildman–Crippen LogP) is 3.27. The van der Waals surface area contributed by atoms with E-state index in [9.17, 15) is 5.11 Å². The summed E-state index contributed by atoms with van der Waals surface area (Å²) < 4.78 is 0. The third-order valence-corrected chi connectivity index (χ3v) is 5.65. The molecule has 0 amide bonds. The van der Waals surface area contributed by atoms with Crippen LogP contribution in [0.3, 0.4) is 0 Å². The molecule has 3 nitrogen and oxygen atoms in total. The van der Waals surface area contributed by atoms with Crippen LogP contribution in [0.5, 0.6) is 0 Å². The van der Waals surface area contributed by atoms with Crippen molar-refractivity contribution in [1.82, 2.24) is 9.80 Å². The van der Waals surface area contributed by atoms with Gasteiger partial charge >= 0.3 is 0 Å². The van der Waals surface area contributed by atoms with Gasteiger partial charge in [0.05, 0.1) is 6.10 Å². The summed E-state index contributed by atoms with van der Waals surface area (Å²) >= 11 is 0. The Morgan fingerprint density at radius 3 is 2.00 bits per heavy atom. The molecule has 0 aromatic carbocycles. The number of likely N-dealkylation sites (N-methyl/N-ethyl adjacent to an activating group) is 1. The number of piperazine rings is 1. The van der Waals surface area contributed by atoms with Crippen LogP contribution in [0.15, 0.2) is 0 Å². The summed E-state index contributed by atoms with van der Waals surface area (Å²) in [6.07, 6.45) is 12.8. The summed E-state index contributed by atoms with van der Waals surface area (Å²) in [6.45, 7) is 5.71. The lowest BCUT2D eigenvalue weighted by molar-refractivity contribution is -0.00219. The Bertz CT molecular complexity index is 284. The minimum Gasteiger partial charge on any atom is -0.391 e. The summed E-state index contributed by atoms with van der Waals surface area (Å²) in [5.74, 6) is 0. The minimum atomic E-state index is -0.111. The Balaban J connectivity index is 1.91. The fraction of sp³-hybridized carbons (Fsp3) is 1.00. The monoisotopic (exact) mass is 296 g/mol.